The number of carbonyl (C=O) groups is 1. The van der Waals surface area contributed by atoms with E-state index in [1.807, 2.05) is 43.3 Å². The maximum Gasteiger partial charge on any atom is 0.291 e. The summed E-state index contributed by atoms with van der Waals surface area (Å²) in [7, 11) is 0. The van der Waals surface area contributed by atoms with Gasteiger partial charge >= 0.3 is 0 Å². The Balaban J connectivity index is 1.79. The molecule has 1 N–H and O–H groups in total. The van der Waals surface area contributed by atoms with Crippen molar-refractivity contribution in [3.8, 4) is 0 Å². The molecule has 25 heavy (non-hydrogen) atoms. The number of benzene rings is 3. The Kier molecular flexibility index (Phi) is 3.53. The SMILES string of the molecule is Cc1ccc(NC(=O)c2oc3c(ccc4ccccc43)c2C)c(F)c1. The smallest absolute Gasteiger partial charge is 0.291 e. The number of carbonyl (C=O) groups excluding carboxylic acids is 1. The quantitative estimate of drug-likeness (QED) is 0.519. The van der Waals surface area contributed by atoms with Gasteiger partial charge in [0.1, 0.15) is 11.4 Å². The predicted molar refractivity (Wildman–Crippen MR) is 97.5 cm³/mol. The van der Waals surface area contributed by atoms with E-state index in [1.54, 1.807) is 19.1 Å². The van der Waals surface area contributed by atoms with Crippen LogP contribution in [0.2, 0.25) is 0 Å². The zero-order valence-electron chi connectivity index (χ0n) is 13.9. The molecule has 0 saturated carbocycles. The first kappa shape index (κ1) is 15.4. The lowest BCUT2D eigenvalue weighted by molar-refractivity contribution is 0.0997. The Hall–Kier alpha value is -3.14. The molecule has 4 aromatic rings. The van der Waals surface area contributed by atoms with Crippen LogP contribution in [0.15, 0.2) is 59.0 Å². The molecule has 0 aliphatic rings. The molecule has 0 atom stereocenters. The molecule has 0 radical (unpaired) electrons. The maximum absolute atomic E-state index is 14.0. The Labute approximate surface area is 144 Å². The van der Waals surface area contributed by atoms with Gasteiger partial charge in [-0.05, 0) is 36.9 Å². The molecule has 0 unspecified atom stereocenters. The molecule has 4 rings (SSSR count). The predicted octanol–water partition coefficient (Wildman–Crippen LogP) is 5.59. The van der Waals surface area contributed by atoms with Gasteiger partial charge in [-0.15, -0.1) is 0 Å². The van der Waals surface area contributed by atoms with Crippen LogP contribution in [0.1, 0.15) is 21.7 Å². The van der Waals surface area contributed by atoms with E-state index < -0.39 is 11.7 Å². The van der Waals surface area contributed by atoms with Gasteiger partial charge in [0.05, 0.1) is 5.69 Å². The number of halogens is 1. The molecule has 1 amide bonds. The van der Waals surface area contributed by atoms with Crippen LogP contribution >= 0.6 is 0 Å². The monoisotopic (exact) mass is 333 g/mol. The van der Waals surface area contributed by atoms with Gasteiger partial charge in [0.25, 0.3) is 5.91 Å². The second-order valence-electron chi connectivity index (χ2n) is 6.16. The van der Waals surface area contributed by atoms with Crippen LogP contribution in [0.5, 0.6) is 0 Å². The first-order valence-corrected chi connectivity index (χ1v) is 8.03. The lowest BCUT2D eigenvalue weighted by atomic mass is 10.1. The van der Waals surface area contributed by atoms with Crippen molar-refractivity contribution in [1.29, 1.82) is 0 Å². The van der Waals surface area contributed by atoms with Crippen molar-refractivity contribution >= 4 is 33.3 Å². The molecule has 0 saturated heterocycles. The maximum atomic E-state index is 14.0. The highest BCUT2D eigenvalue weighted by molar-refractivity contribution is 6.11. The summed E-state index contributed by atoms with van der Waals surface area (Å²) in [6.45, 7) is 3.63. The minimum absolute atomic E-state index is 0.139. The van der Waals surface area contributed by atoms with Gasteiger partial charge in [-0.3, -0.25) is 4.79 Å². The van der Waals surface area contributed by atoms with E-state index in [4.69, 9.17) is 4.42 Å². The summed E-state index contributed by atoms with van der Waals surface area (Å²) in [5, 5.41) is 5.47. The molecule has 3 aromatic carbocycles. The number of hydrogen-bond donors (Lipinski definition) is 1. The Morgan fingerprint density at radius 2 is 1.80 bits per heavy atom. The molecule has 4 heteroatoms. The van der Waals surface area contributed by atoms with Crippen LogP contribution in [0.4, 0.5) is 10.1 Å². The number of nitrogens with one attached hydrogen (secondary N) is 1. The molecule has 1 heterocycles. The van der Waals surface area contributed by atoms with E-state index in [0.717, 1.165) is 27.3 Å². The minimum atomic E-state index is -0.465. The van der Waals surface area contributed by atoms with E-state index in [-0.39, 0.29) is 11.4 Å². The number of anilines is 1. The van der Waals surface area contributed by atoms with Crippen molar-refractivity contribution in [3.63, 3.8) is 0 Å². The molecule has 0 fully saturated rings. The molecular formula is C21H16FNO2. The molecule has 0 aliphatic carbocycles. The van der Waals surface area contributed by atoms with E-state index in [1.165, 1.54) is 6.07 Å². The summed E-state index contributed by atoms with van der Waals surface area (Å²) < 4.78 is 19.9. The third-order valence-electron chi connectivity index (χ3n) is 4.41. The fourth-order valence-electron chi connectivity index (χ4n) is 3.07. The van der Waals surface area contributed by atoms with Gasteiger partial charge < -0.3 is 9.73 Å². The fraction of sp³-hybridized carbons (Fsp3) is 0.0952. The molecular weight excluding hydrogens is 317 g/mol. The summed E-state index contributed by atoms with van der Waals surface area (Å²) >= 11 is 0. The third kappa shape index (κ3) is 2.56. The van der Waals surface area contributed by atoms with Crippen LogP contribution in [0.3, 0.4) is 0 Å². The van der Waals surface area contributed by atoms with Crippen LogP contribution in [-0.2, 0) is 0 Å². The first-order valence-electron chi connectivity index (χ1n) is 8.03. The van der Waals surface area contributed by atoms with Crippen LogP contribution < -0.4 is 5.32 Å². The van der Waals surface area contributed by atoms with Crippen LogP contribution in [0.25, 0.3) is 21.7 Å². The summed E-state index contributed by atoms with van der Waals surface area (Å²) in [4.78, 5) is 12.6. The van der Waals surface area contributed by atoms with Crippen molar-refractivity contribution in [1.82, 2.24) is 0 Å². The van der Waals surface area contributed by atoms with E-state index in [9.17, 15) is 9.18 Å². The Morgan fingerprint density at radius 1 is 1.00 bits per heavy atom. The molecule has 1 aromatic heterocycles. The highest BCUT2D eigenvalue weighted by Crippen LogP contribution is 2.32. The average molecular weight is 333 g/mol. The average Bonchev–Trinajstić information content (AvgIpc) is 2.95. The van der Waals surface area contributed by atoms with E-state index in [0.29, 0.717) is 5.58 Å². The molecule has 3 nitrogen and oxygen atoms in total. The van der Waals surface area contributed by atoms with Crippen molar-refractivity contribution in [2.75, 3.05) is 5.32 Å². The van der Waals surface area contributed by atoms with Crippen molar-refractivity contribution in [2.45, 2.75) is 13.8 Å². The van der Waals surface area contributed by atoms with Crippen LogP contribution in [-0.4, -0.2) is 5.91 Å². The minimum Gasteiger partial charge on any atom is -0.450 e. The second-order valence-corrected chi connectivity index (χ2v) is 6.16. The zero-order chi connectivity index (χ0) is 17.6. The summed E-state index contributed by atoms with van der Waals surface area (Å²) in [5.74, 6) is -0.723. The number of aryl methyl sites for hydroxylation is 2. The lowest BCUT2D eigenvalue weighted by Gasteiger charge is -2.06. The van der Waals surface area contributed by atoms with Gasteiger partial charge in [0.15, 0.2) is 5.76 Å². The van der Waals surface area contributed by atoms with Crippen molar-refractivity contribution in [2.24, 2.45) is 0 Å². The fourth-order valence-corrected chi connectivity index (χ4v) is 3.07. The molecule has 0 aliphatic heterocycles. The van der Waals surface area contributed by atoms with Gasteiger partial charge in [-0.1, -0.05) is 42.5 Å². The highest BCUT2D eigenvalue weighted by Gasteiger charge is 2.20. The Bertz CT molecular complexity index is 1130. The molecule has 0 spiro atoms. The summed E-state index contributed by atoms with van der Waals surface area (Å²) in [6.07, 6.45) is 0. The Morgan fingerprint density at radius 3 is 2.60 bits per heavy atom. The number of amides is 1. The molecule has 124 valence electrons. The van der Waals surface area contributed by atoms with Crippen molar-refractivity contribution < 1.29 is 13.6 Å². The van der Waals surface area contributed by atoms with Crippen molar-refractivity contribution in [3.05, 3.63) is 77.3 Å². The van der Waals surface area contributed by atoms with E-state index >= 15 is 0 Å². The number of furan rings is 1. The second kappa shape index (κ2) is 5.74. The number of rotatable bonds is 2. The molecule has 0 bridgehead atoms. The van der Waals surface area contributed by atoms with Gasteiger partial charge in [0, 0.05) is 16.3 Å². The third-order valence-corrected chi connectivity index (χ3v) is 4.41. The normalized spacial score (nSPS) is 11.2. The zero-order valence-corrected chi connectivity index (χ0v) is 13.9. The van der Waals surface area contributed by atoms with Gasteiger partial charge in [-0.25, -0.2) is 4.39 Å². The largest absolute Gasteiger partial charge is 0.450 e. The van der Waals surface area contributed by atoms with Gasteiger partial charge in [0.2, 0.25) is 0 Å². The highest BCUT2D eigenvalue weighted by atomic mass is 19.1. The lowest BCUT2D eigenvalue weighted by Crippen LogP contribution is -2.13. The summed E-state index contributed by atoms with van der Waals surface area (Å²) in [6, 6.07) is 16.5. The van der Waals surface area contributed by atoms with E-state index in [2.05, 4.69) is 5.32 Å². The number of hydrogen-bond acceptors (Lipinski definition) is 2. The summed E-state index contributed by atoms with van der Waals surface area (Å²) in [5.41, 5.74) is 2.35. The van der Waals surface area contributed by atoms with Crippen LogP contribution in [0, 0.1) is 19.7 Å². The topological polar surface area (TPSA) is 42.2 Å². The number of fused-ring (bicyclic) bond motifs is 3. The standard InChI is InChI=1S/C21H16FNO2/c1-12-7-10-18(17(22)11-12)23-21(24)19-13(2)15-9-8-14-5-3-4-6-16(14)20(15)25-19/h3-11H,1-2H3,(H,23,24). The first-order chi connectivity index (χ1) is 12.0. The van der Waals surface area contributed by atoms with Gasteiger partial charge in [-0.2, -0.15) is 0 Å².